The lowest BCUT2D eigenvalue weighted by molar-refractivity contribution is 0.340. The van der Waals surface area contributed by atoms with Crippen LogP contribution in [-0.2, 0) is 6.42 Å². The van der Waals surface area contributed by atoms with Crippen molar-refractivity contribution >= 4 is 23.2 Å². The molecule has 2 nitrogen and oxygen atoms in total. The Bertz CT molecular complexity index is 647. The minimum absolute atomic E-state index is 0.298. The lowest BCUT2D eigenvalue weighted by atomic mass is 9.93. The van der Waals surface area contributed by atoms with Crippen molar-refractivity contribution in [3.05, 3.63) is 63.6 Å². The minimum atomic E-state index is -0.298. The summed E-state index contributed by atoms with van der Waals surface area (Å²) in [5.74, 6) is 0.534. The Hall–Kier alpha value is -1.69. The second-order valence-corrected chi connectivity index (χ2v) is 5.47. The summed E-state index contributed by atoms with van der Waals surface area (Å²) in [6, 6.07) is 15.3. The van der Waals surface area contributed by atoms with Crippen molar-refractivity contribution in [3.63, 3.8) is 0 Å². The van der Waals surface area contributed by atoms with Gasteiger partial charge in [-0.05, 0) is 48.7 Å². The average molecular weight is 320 g/mol. The molecule has 0 N–H and O–H groups in total. The highest BCUT2D eigenvalue weighted by Crippen LogP contribution is 2.30. The smallest absolute Gasteiger partial charge is 0.119 e. The Morgan fingerprint density at radius 1 is 1.14 bits per heavy atom. The van der Waals surface area contributed by atoms with Crippen molar-refractivity contribution in [2.24, 2.45) is 0 Å². The number of nitrogens with zero attached hydrogens (tertiary/aromatic N) is 1. The molecule has 1 unspecified atom stereocenters. The third-order valence-electron chi connectivity index (χ3n) is 3.17. The Morgan fingerprint density at radius 2 is 1.86 bits per heavy atom. The zero-order valence-electron chi connectivity index (χ0n) is 11.6. The summed E-state index contributed by atoms with van der Waals surface area (Å²) < 4.78 is 5.41. The zero-order chi connectivity index (χ0) is 15.2. The molecule has 0 spiro atoms. The van der Waals surface area contributed by atoms with Crippen LogP contribution in [0.3, 0.4) is 0 Å². The van der Waals surface area contributed by atoms with E-state index >= 15 is 0 Å². The van der Waals surface area contributed by atoms with E-state index in [0.717, 1.165) is 16.9 Å². The molecule has 108 valence electrons. The van der Waals surface area contributed by atoms with Crippen LogP contribution < -0.4 is 4.74 Å². The van der Waals surface area contributed by atoms with Gasteiger partial charge in [-0.15, -0.1) is 0 Å². The van der Waals surface area contributed by atoms with Crippen molar-refractivity contribution in [1.82, 2.24) is 0 Å². The molecule has 0 saturated heterocycles. The van der Waals surface area contributed by atoms with Gasteiger partial charge in [0.15, 0.2) is 0 Å². The maximum atomic E-state index is 9.41. The Kier molecular flexibility index (Phi) is 5.50. The number of hydrogen-bond donors (Lipinski definition) is 0. The van der Waals surface area contributed by atoms with Crippen LogP contribution in [0.1, 0.15) is 24.0 Å². The van der Waals surface area contributed by atoms with Gasteiger partial charge in [0.05, 0.1) is 18.6 Å². The van der Waals surface area contributed by atoms with E-state index < -0.39 is 0 Å². The van der Waals surface area contributed by atoms with Crippen LogP contribution >= 0.6 is 23.2 Å². The fourth-order valence-electron chi connectivity index (χ4n) is 2.13. The Labute approximate surface area is 134 Å². The second kappa shape index (κ2) is 7.36. The summed E-state index contributed by atoms with van der Waals surface area (Å²) in [6.45, 7) is 2.59. The highest BCUT2D eigenvalue weighted by molar-refractivity contribution is 6.35. The summed E-state index contributed by atoms with van der Waals surface area (Å²) in [4.78, 5) is 0. The van der Waals surface area contributed by atoms with Gasteiger partial charge in [0.25, 0.3) is 0 Å². The molecule has 21 heavy (non-hydrogen) atoms. The van der Waals surface area contributed by atoms with Gasteiger partial charge in [0, 0.05) is 10.0 Å². The van der Waals surface area contributed by atoms with E-state index in [2.05, 4.69) is 6.07 Å². The third kappa shape index (κ3) is 4.14. The summed E-state index contributed by atoms with van der Waals surface area (Å²) in [5, 5.41) is 10.5. The molecule has 2 aromatic rings. The predicted octanol–water partition coefficient (Wildman–Crippen LogP) is 5.24. The lowest BCUT2D eigenvalue weighted by Crippen LogP contribution is -2.01. The summed E-state index contributed by atoms with van der Waals surface area (Å²) in [6.07, 6.45) is 0.601. The van der Waals surface area contributed by atoms with Gasteiger partial charge in [-0.1, -0.05) is 41.4 Å². The SMILES string of the molecule is CCOc1ccc(CC(C#N)c2ccc(Cl)cc2Cl)cc1. The van der Waals surface area contributed by atoms with E-state index in [9.17, 15) is 5.26 Å². The normalized spacial score (nSPS) is 11.7. The largest absolute Gasteiger partial charge is 0.494 e. The van der Waals surface area contributed by atoms with Gasteiger partial charge >= 0.3 is 0 Å². The van der Waals surface area contributed by atoms with Gasteiger partial charge in [-0.3, -0.25) is 0 Å². The predicted molar refractivity (Wildman–Crippen MR) is 86.1 cm³/mol. The second-order valence-electron chi connectivity index (χ2n) is 4.63. The zero-order valence-corrected chi connectivity index (χ0v) is 13.2. The fourth-order valence-corrected chi connectivity index (χ4v) is 2.67. The molecule has 0 aliphatic carbocycles. The molecule has 0 aromatic heterocycles. The third-order valence-corrected chi connectivity index (χ3v) is 3.73. The summed E-state index contributed by atoms with van der Waals surface area (Å²) in [5.41, 5.74) is 1.87. The van der Waals surface area contributed by atoms with E-state index in [1.807, 2.05) is 37.3 Å². The topological polar surface area (TPSA) is 33.0 Å². The van der Waals surface area contributed by atoms with Gasteiger partial charge in [-0.25, -0.2) is 0 Å². The fraction of sp³-hybridized carbons (Fsp3) is 0.235. The maximum absolute atomic E-state index is 9.41. The average Bonchev–Trinajstić information content (AvgIpc) is 2.47. The molecular formula is C17H15Cl2NO. The minimum Gasteiger partial charge on any atom is -0.494 e. The van der Waals surface area contributed by atoms with Crippen LogP contribution in [-0.4, -0.2) is 6.61 Å². The maximum Gasteiger partial charge on any atom is 0.119 e. The van der Waals surface area contributed by atoms with Crippen molar-refractivity contribution in [2.75, 3.05) is 6.61 Å². The molecule has 1 atom stereocenters. The number of ether oxygens (including phenoxy) is 1. The molecule has 0 bridgehead atoms. The Balaban J connectivity index is 2.17. The highest BCUT2D eigenvalue weighted by Gasteiger charge is 2.15. The first-order valence-corrected chi connectivity index (χ1v) is 7.46. The molecule has 0 amide bonds. The highest BCUT2D eigenvalue weighted by atomic mass is 35.5. The van der Waals surface area contributed by atoms with E-state index in [1.165, 1.54) is 0 Å². The van der Waals surface area contributed by atoms with Gasteiger partial charge in [0.1, 0.15) is 5.75 Å². The molecule has 2 aromatic carbocycles. The quantitative estimate of drug-likeness (QED) is 0.754. The standard InChI is InChI=1S/C17H15Cl2NO/c1-2-21-15-6-3-12(4-7-15)9-13(11-20)16-8-5-14(18)10-17(16)19/h3-8,10,13H,2,9H2,1H3. The first kappa shape index (κ1) is 15.7. The molecule has 4 heteroatoms. The van der Waals surface area contributed by atoms with Crippen molar-refractivity contribution in [1.29, 1.82) is 5.26 Å². The Morgan fingerprint density at radius 3 is 2.43 bits per heavy atom. The molecule has 0 saturated carbocycles. The van der Waals surface area contributed by atoms with Gasteiger partial charge < -0.3 is 4.74 Å². The first-order valence-electron chi connectivity index (χ1n) is 6.70. The number of nitriles is 1. The van der Waals surface area contributed by atoms with E-state index in [0.29, 0.717) is 23.1 Å². The van der Waals surface area contributed by atoms with Crippen LogP contribution in [0, 0.1) is 11.3 Å². The molecule has 2 rings (SSSR count). The molecule has 0 heterocycles. The number of hydrogen-bond acceptors (Lipinski definition) is 2. The summed E-state index contributed by atoms with van der Waals surface area (Å²) in [7, 11) is 0. The van der Waals surface area contributed by atoms with Crippen molar-refractivity contribution in [3.8, 4) is 11.8 Å². The van der Waals surface area contributed by atoms with Crippen molar-refractivity contribution < 1.29 is 4.74 Å². The van der Waals surface area contributed by atoms with Crippen LogP contribution in [0.4, 0.5) is 0 Å². The summed E-state index contributed by atoms with van der Waals surface area (Å²) >= 11 is 12.1. The van der Waals surface area contributed by atoms with Gasteiger partial charge in [-0.2, -0.15) is 5.26 Å². The number of rotatable bonds is 5. The van der Waals surface area contributed by atoms with E-state index in [-0.39, 0.29) is 5.92 Å². The van der Waals surface area contributed by atoms with Crippen LogP contribution in [0.2, 0.25) is 10.0 Å². The molecule has 0 radical (unpaired) electrons. The van der Waals surface area contributed by atoms with Crippen LogP contribution in [0.5, 0.6) is 5.75 Å². The molecular weight excluding hydrogens is 305 g/mol. The van der Waals surface area contributed by atoms with Crippen molar-refractivity contribution in [2.45, 2.75) is 19.3 Å². The van der Waals surface area contributed by atoms with E-state index in [1.54, 1.807) is 12.1 Å². The van der Waals surface area contributed by atoms with E-state index in [4.69, 9.17) is 27.9 Å². The molecule has 0 fully saturated rings. The van der Waals surface area contributed by atoms with Crippen LogP contribution in [0.15, 0.2) is 42.5 Å². The number of halogens is 2. The number of benzene rings is 2. The molecule has 0 aliphatic heterocycles. The first-order chi connectivity index (χ1) is 10.1. The lowest BCUT2D eigenvalue weighted by Gasteiger charge is -2.12. The molecule has 0 aliphatic rings. The van der Waals surface area contributed by atoms with Crippen LogP contribution in [0.25, 0.3) is 0 Å². The van der Waals surface area contributed by atoms with Gasteiger partial charge in [0.2, 0.25) is 0 Å². The monoisotopic (exact) mass is 319 g/mol.